The molecule has 92 valence electrons. The van der Waals surface area contributed by atoms with E-state index in [1.54, 1.807) is 6.07 Å². The monoisotopic (exact) mass is 270 g/mol. The lowest BCUT2D eigenvalue weighted by Crippen LogP contribution is -2.33. The maximum atomic E-state index is 9.36. The van der Waals surface area contributed by atoms with Crippen LogP contribution in [0.2, 0.25) is 5.02 Å². The van der Waals surface area contributed by atoms with E-state index in [0.717, 1.165) is 30.6 Å². The Morgan fingerprint density at radius 3 is 3.00 bits per heavy atom. The average Bonchev–Trinajstić information content (AvgIpc) is 2.76. The first-order valence-electron chi connectivity index (χ1n) is 5.60. The molecular formula is C12H15ClN2OS. The van der Waals surface area contributed by atoms with Crippen LogP contribution < -0.4 is 10.6 Å². The van der Waals surface area contributed by atoms with Crippen LogP contribution in [0.1, 0.15) is 18.4 Å². The molecule has 0 saturated carbocycles. The van der Waals surface area contributed by atoms with Crippen molar-refractivity contribution in [2.45, 2.75) is 18.9 Å². The van der Waals surface area contributed by atoms with Gasteiger partial charge >= 0.3 is 0 Å². The van der Waals surface area contributed by atoms with Gasteiger partial charge in [-0.3, -0.25) is 0 Å². The lowest BCUT2D eigenvalue weighted by molar-refractivity contribution is 0.266. The van der Waals surface area contributed by atoms with E-state index >= 15 is 0 Å². The lowest BCUT2D eigenvalue weighted by atomic mass is 10.1. The summed E-state index contributed by atoms with van der Waals surface area (Å²) >= 11 is 11.1. The largest absolute Gasteiger partial charge is 0.394 e. The fraction of sp³-hybridized carbons (Fsp3) is 0.417. The maximum absolute atomic E-state index is 9.36. The first kappa shape index (κ1) is 12.6. The topological polar surface area (TPSA) is 49.5 Å². The number of aliphatic hydroxyl groups is 1. The van der Waals surface area contributed by atoms with Crippen LogP contribution in [0.5, 0.6) is 0 Å². The zero-order valence-corrected chi connectivity index (χ0v) is 11.0. The Hall–Kier alpha value is -0.840. The second-order valence-electron chi connectivity index (χ2n) is 4.20. The number of anilines is 1. The Morgan fingerprint density at radius 2 is 2.35 bits per heavy atom. The minimum Gasteiger partial charge on any atom is -0.394 e. The molecule has 3 N–H and O–H groups in total. The van der Waals surface area contributed by atoms with Crippen molar-refractivity contribution in [2.24, 2.45) is 5.73 Å². The van der Waals surface area contributed by atoms with Gasteiger partial charge in [0.25, 0.3) is 0 Å². The fourth-order valence-electron chi connectivity index (χ4n) is 2.29. The van der Waals surface area contributed by atoms with Gasteiger partial charge in [-0.15, -0.1) is 0 Å². The quantitative estimate of drug-likeness (QED) is 0.824. The number of benzene rings is 1. The number of nitrogens with two attached hydrogens (primary N) is 1. The Kier molecular flexibility index (Phi) is 3.86. The molecule has 0 aromatic heterocycles. The molecule has 0 radical (unpaired) electrons. The van der Waals surface area contributed by atoms with E-state index < -0.39 is 0 Å². The minimum absolute atomic E-state index is 0.140. The van der Waals surface area contributed by atoms with Crippen molar-refractivity contribution in [3.05, 3.63) is 28.8 Å². The molecule has 0 bridgehead atoms. The molecule has 1 aliphatic heterocycles. The van der Waals surface area contributed by atoms with Gasteiger partial charge in [0.1, 0.15) is 4.99 Å². The van der Waals surface area contributed by atoms with E-state index in [9.17, 15) is 5.11 Å². The summed E-state index contributed by atoms with van der Waals surface area (Å²) in [5, 5.41) is 10.0. The summed E-state index contributed by atoms with van der Waals surface area (Å²) in [6.45, 7) is 1.05. The lowest BCUT2D eigenvalue weighted by Gasteiger charge is -2.27. The van der Waals surface area contributed by atoms with Gasteiger partial charge in [-0.2, -0.15) is 0 Å². The molecule has 1 aromatic carbocycles. The zero-order chi connectivity index (χ0) is 12.4. The van der Waals surface area contributed by atoms with E-state index in [-0.39, 0.29) is 12.6 Å². The normalized spacial score (nSPS) is 19.6. The highest BCUT2D eigenvalue weighted by Crippen LogP contribution is 2.31. The molecule has 17 heavy (non-hydrogen) atoms. The second kappa shape index (κ2) is 5.21. The Labute approximate surface area is 111 Å². The molecule has 1 atom stereocenters. The highest BCUT2D eigenvalue weighted by molar-refractivity contribution is 7.80. The van der Waals surface area contributed by atoms with Crippen LogP contribution in [-0.2, 0) is 0 Å². The van der Waals surface area contributed by atoms with Gasteiger partial charge in [-0.05, 0) is 31.0 Å². The van der Waals surface area contributed by atoms with Crippen molar-refractivity contribution in [2.75, 3.05) is 18.1 Å². The maximum Gasteiger partial charge on any atom is 0.106 e. The predicted octanol–water partition coefficient (Wildman–Crippen LogP) is 1.94. The fourth-order valence-corrected chi connectivity index (χ4v) is 2.63. The number of nitrogens with zero attached hydrogens (tertiary/aromatic N) is 1. The van der Waals surface area contributed by atoms with E-state index in [1.807, 2.05) is 12.1 Å². The van der Waals surface area contributed by atoms with Crippen LogP contribution in [-0.4, -0.2) is 29.3 Å². The first-order chi connectivity index (χ1) is 8.13. The molecule has 1 fully saturated rings. The molecule has 1 saturated heterocycles. The van der Waals surface area contributed by atoms with Crippen LogP contribution in [0.25, 0.3) is 0 Å². The van der Waals surface area contributed by atoms with Crippen molar-refractivity contribution in [3.63, 3.8) is 0 Å². The highest BCUT2D eigenvalue weighted by atomic mass is 35.5. The summed E-state index contributed by atoms with van der Waals surface area (Å²) in [5.74, 6) is 0. The van der Waals surface area contributed by atoms with Gasteiger partial charge in [0, 0.05) is 22.8 Å². The third kappa shape index (κ3) is 2.54. The number of thiocarbonyl (C=S) groups is 1. The highest BCUT2D eigenvalue weighted by Gasteiger charge is 2.26. The van der Waals surface area contributed by atoms with Crippen LogP contribution in [0.4, 0.5) is 5.69 Å². The summed E-state index contributed by atoms with van der Waals surface area (Å²) in [7, 11) is 0. The van der Waals surface area contributed by atoms with Crippen molar-refractivity contribution in [1.29, 1.82) is 0 Å². The zero-order valence-electron chi connectivity index (χ0n) is 9.40. The predicted molar refractivity (Wildman–Crippen MR) is 74.8 cm³/mol. The summed E-state index contributed by atoms with van der Waals surface area (Å²) < 4.78 is 0. The van der Waals surface area contributed by atoms with Crippen molar-refractivity contribution in [1.82, 2.24) is 0 Å². The first-order valence-corrected chi connectivity index (χ1v) is 6.39. The standard InChI is InChI=1S/C12H15ClN2OS/c13-8-3-4-10(12(14)17)11(6-8)15-5-1-2-9(15)7-16/h3-4,6,9,16H,1-2,5,7H2,(H2,14,17). The molecule has 1 heterocycles. The van der Waals surface area contributed by atoms with Crippen LogP contribution in [0.15, 0.2) is 18.2 Å². The smallest absolute Gasteiger partial charge is 0.106 e. The van der Waals surface area contributed by atoms with Crippen molar-refractivity contribution >= 4 is 34.5 Å². The van der Waals surface area contributed by atoms with Gasteiger partial charge in [0.05, 0.1) is 12.6 Å². The van der Waals surface area contributed by atoms with Gasteiger partial charge in [0.15, 0.2) is 0 Å². The number of hydrogen-bond donors (Lipinski definition) is 2. The van der Waals surface area contributed by atoms with Gasteiger partial charge in [-0.1, -0.05) is 23.8 Å². The summed E-state index contributed by atoms with van der Waals surface area (Å²) in [6.07, 6.45) is 2.05. The number of hydrogen-bond acceptors (Lipinski definition) is 3. The van der Waals surface area contributed by atoms with Crippen molar-refractivity contribution < 1.29 is 5.11 Å². The van der Waals surface area contributed by atoms with Crippen LogP contribution in [0.3, 0.4) is 0 Å². The third-order valence-corrected chi connectivity index (χ3v) is 3.58. The van der Waals surface area contributed by atoms with E-state index in [0.29, 0.717) is 10.0 Å². The molecule has 1 unspecified atom stereocenters. The Morgan fingerprint density at radius 1 is 1.59 bits per heavy atom. The van der Waals surface area contributed by atoms with Gasteiger partial charge < -0.3 is 15.7 Å². The SMILES string of the molecule is NC(=S)c1ccc(Cl)cc1N1CCCC1CO. The Bertz CT molecular complexity index is 439. The van der Waals surface area contributed by atoms with Gasteiger partial charge in [-0.25, -0.2) is 0 Å². The van der Waals surface area contributed by atoms with Crippen LogP contribution in [0, 0.1) is 0 Å². The third-order valence-electron chi connectivity index (χ3n) is 3.12. The molecule has 0 aliphatic carbocycles. The summed E-state index contributed by atoms with van der Waals surface area (Å²) in [5.41, 5.74) is 7.47. The molecule has 0 amide bonds. The summed E-state index contributed by atoms with van der Waals surface area (Å²) in [4.78, 5) is 2.50. The average molecular weight is 271 g/mol. The van der Waals surface area contributed by atoms with E-state index in [1.165, 1.54) is 0 Å². The van der Waals surface area contributed by atoms with E-state index in [2.05, 4.69) is 4.90 Å². The van der Waals surface area contributed by atoms with Gasteiger partial charge in [0.2, 0.25) is 0 Å². The van der Waals surface area contributed by atoms with Crippen LogP contribution >= 0.6 is 23.8 Å². The van der Waals surface area contributed by atoms with E-state index in [4.69, 9.17) is 29.6 Å². The Balaban J connectivity index is 2.42. The molecular weight excluding hydrogens is 256 g/mol. The minimum atomic E-state index is 0.140. The number of rotatable bonds is 3. The molecule has 1 aromatic rings. The molecule has 2 rings (SSSR count). The molecule has 0 spiro atoms. The number of halogens is 1. The van der Waals surface area contributed by atoms with Crippen molar-refractivity contribution in [3.8, 4) is 0 Å². The molecule has 1 aliphatic rings. The molecule has 3 nitrogen and oxygen atoms in total. The molecule has 5 heteroatoms. The number of aliphatic hydroxyl groups excluding tert-OH is 1. The summed E-state index contributed by atoms with van der Waals surface area (Å²) in [6, 6.07) is 5.63. The second-order valence-corrected chi connectivity index (χ2v) is 5.07.